The summed E-state index contributed by atoms with van der Waals surface area (Å²) in [7, 11) is 0. The van der Waals surface area contributed by atoms with Crippen molar-refractivity contribution in [1.82, 2.24) is 10.2 Å². The number of nitrogens with zero attached hydrogens (tertiary/aromatic N) is 1. The van der Waals surface area contributed by atoms with Gasteiger partial charge in [-0.1, -0.05) is 20.3 Å². The second-order valence-electron chi connectivity index (χ2n) is 4.49. The Hall–Kier alpha value is -0.330. The van der Waals surface area contributed by atoms with Crippen molar-refractivity contribution in [3.63, 3.8) is 0 Å². The molecule has 1 rings (SSSR count). The van der Waals surface area contributed by atoms with E-state index < -0.39 is 6.36 Å². The lowest BCUT2D eigenvalue weighted by atomic mass is 9.96. The predicted molar refractivity (Wildman–Crippen MR) is 59.7 cm³/mol. The molecule has 0 radical (unpaired) electrons. The highest BCUT2D eigenvalue weighted by Gasteiger charge is 2.31. The maximum atomic E-state index is 11.9. The van der Waals surface area contributed by atoms with Gasteiger partial charge in [0.05, 0.1) is 6.61 Å². The van der Waals surface area contributed by atoms with Gasteiger partial charge in [0.25, 0.3) is 0 Å². The first-order valence-electron chi connectivity index (χ1n) is 6.09. The van der Waals surface area contributed by atoms with Crippen LogP contribution in [-0.2, 0) is 4.74 Å². The molecule has 0 aliphatic carbocycles. The summed E-state index contributed by atoms with van der Waals surface area (Å²) in [4.78, 5) is 2.09. The average Bonchev–Trinajstić information content (AvgIpc) is 2.27. The van der Waals surface area contributed by atoms with Gasteiger partial charge in [-0.15, -0.1) is 13.2 Å². The second kappa shape index (κ2) is 6.56. The van der Waals surface area contributed by atoms with Crippen molar-refractivity contribution < 1.29 is 17.9 Å². The molecule has 0 amide bonds. The third-order valence-electron chi connectivity index (χ3n) is 3.34. The Kier molecular flexibility index (Phi) is 5.69. The van der Waals surface area contributed by atoms with E-state index in [1.807, 2.05) is 0 Å². The first kappa shape index (κ1) is 14.7. The number of hydrogen-bond acceptors (Lipinski definition) is 3. The van der Waals surface area contributed by atoms with Crippen LogP contribution in [0.5, 0.6) is 0 Å². The van der Waals surface area contributed by atoms with E-state index in [-0.39, 0.29) is 6.61 Å². The molecule has 1 saturated heterocycles. The minimum Gasteiger partial charge on any atom is -0.314 e. The molecule has 2 unspecified atom stereocenters. The van der Waals surface area contributed by atoms with Gasteiger partial charge in [0.15, 0.2) is 0 Å². The molecule has 0 aromatic carbocycles. The van der Waals surface area contributed by atoms with Crippen LogP contribution in [-0.4, -0.2) is 50.1 Å². The summed E-state index contributed by atoms with van der Waals surface area (Å²) in [6, 6.07) is 0.311. The smallest absolute Gasteiger partial charge is 0.314 e. The summed E-state index contributed by atoms with van der Waals surface area (Å²) >= 11 is 0. The highest BCUT2D eigenvalue weighted by atomic mass is 19.4. The molecule has 0 aromatic heterocycles. The summed E-state index contributed by atoms with van der Waals surface area (Å²) in [5, 5.41) is 3.28. The fourth-order valence-corrected chi connectivity index (χ4v) is 2.16. The van der Waals surface area contributed by atoms with Gasteiger partial charge in [0.1, 0.15) is 0 Å². The Morgan fingerprint density at radius 1 is 1.47 bits per heavy atom. The van der Waals surface area contributed by atoms with Gasteiger partial charge < -0.3 is 5.32 Å². The maximum Gasteiger partial charge on any atom is 0.522 e. The van der Waals surface area contributed by atoms with Gasteiger partial charge in [0.2, 0.25) is 0 Å². The summed E-state index contributed by atoms with van der Waals surface area (Å²) < 4.78 is 39.5. The molecule has 1 heterocycles. The Morgan fingerprint density at radius 2 is 2.18 bits per heavy atom. The van der Waals surface area contributed by atoms with Crippen molar-refractivity contribution >= 4 is 0 Å². The van der Waals surface area contributed by atoms with Gasteiger partial charge in [0, 0.05) is 32.2 Å². The molecule has 0 saturated carbocycles. The van der Waals surface area contributed by atoms with E-state index in [0.29, 0.717) is 18.5 Å². The fourth-order valence-electron chi connectivity index (χ4n) is 2.16. The quantitative estimate of drug-likeness (QED) is 0.810. The Bertz CT molecular complexity index is 223. The van der Waals surface area contributed by atoms with Gasteiger partial charge in [-0.25, -0.2) is 0 Å². The van der Waals surface area contributed by atoms with Crippen molar-refractivity contribution in [2.24, 2.45) is 5.92 Å². The van der Waals surface area contributed by atoms with E-state index in [9.17, 15) is 13.2 Å². The fraction of sp³-hybridized carbons (Fsp3) is 1.00. The van der Waals surface area contributed by atoms with Crippen LogP contribution in [0.3, 0.4) is 0 Å². The van der Waals surface area contributed by atoms with Crippen LogP contribution in [0.25, 0.3) is 0 Å². The van der Waals surface area contributed by atoms with E-state index in [0.717, 1.165) is 26.1 Å². The zero-order chi connectivity index (χ0) is 12.9. The lowest BCUT2D eigenvalue weighted by molar-refractivity contribution is -0.325. The first-order chi connectivity index (χ1) is 7.94. The van der Waals surface area contributed by atoms with Crippen LogP contribution in [0, 0.1) is 5.92 Å². The highest BCUT2D eigenvalue weighted by molar-refractivity contribution is 4.83. The van der Waals surface area contributed by atoms with Crippen molar-refractivity contribution in [1.29, 1.82) is 0 Å². The second-order valence-corrected chi connectivity index (χ2v) is 4.49. The summed E-state index contributed by atoms with van der Waals surface area (Å²) in [6.07, 6.45) is -3.48. The van der Waals surface area contributed by atoms with E-state index in [2.05, 4.69) is 28.8 Å². The SMILES string of the molecule is CCC(C)C1CNCCN1CCOC(F)(F)F. The maximum absolute atomic E-state index is 11.9. The number of rotatable bonds is 5. The van der Waals surface area contributed by atoms with Gasteiger partial charge in [-0.2, -0.15) is 0 Å². The molecule has 17 heavy (non-hydrogen) atoms. The lowest BCUT2D eigenvalue weighted by Crippen LogP contribution is -2.54. The highest BCUT2D eigenvalue weighted by Crippen LogP contribution is 2.18. The molecule has 102 valence electrons. The predicted octanol–water partition coefficient (Wildman–Crippen LogP) is 1.84. The largest absolute Gasteiger partial charge is 0.522 e. The van der Waals surface area contributed by atoms with Crippen molar-refractivity contribution in [2.75, 3.05) is 32.8 Å². The number of halogens is 3. The number of ether oxygens (including phenoxy) is 1. The van der Waals surface area contributed by atoms with Crippen LogP contribution in [0.2, 0.25) is 0 Å². The molecule has 1 N–H and O–H groups in total. The summed E-state index contributed by atoms with van der Waals surface area (Å²) in [6.45, 7) is 6.77. The van der Waals surface area contributed by atoms with Crippen molar-refractivity contribution in [2.45, 2.75) is 32.7 Å². The van der Waals surface area contributed by atoms with Crippen LogP contribution in [0.4, 0.5) is 13.2 Å². The minimum atomic E-state index is -4.51. The first-order valence-corrected chi connectivity index (χ1v) is 6.09. The van der Waals surface area contributed by atoms with Crippen LogP contribution in [0.15, 0.2) is 0 Å². The van der Waals surface area contributed by atoms with Crippen molar-refractivity contribution in [3.05, 3.63) is 0 Å². The number of alkyl halides is 3. The molecule has 2 atom stereocenters. The van der Waals surface area contributed by atoms with E-state index in [4.69, 9.17) is 0 Å². The van der Waals surface area contributed by atoms with E-state index in [1.54, 1.807) is 0 Å². The summed E-state index contributed by atoms with van der Waals surface area (Å²) in [5.74, 6) is 0.480. The summed E-state index contributed by atoms with van der Waals surface area (Å²) in [5.41, 5.74) is 0. The molecule has 6 heteroatoms. The molecule has 1 aliphatic rings. The van der Waals surface area contributed by atoms with Crippen LogP contribution < -0.4 is 5.32 Å². The molecule has 0 aromatic rings. The van der Waals surface area contributed by atoms with E-state index >= 15 is 0 Å². The minimum absolute atomic E-state index is 0.281. The van der Waals surface area contributed by atoms with Crippen molar-refractivity contribution in [3.8, 4) is 0 Å². The third-order valence-corrected chi connectivity index (χ3v) is 3.34. The molecule has 0 spiro atoms. The molecular formula is C11H21F3N2O. The standard InChI is InChI=1S/C11H21F3N2O/c1-3-9(2)10-8-15-4-5-16(10)6-7-17-11(12,13)14/h9-10,15H,3-8H2,1-2H3. The monoisotopic (exact) mass is 254 g/mol. The number of nitrogens with one attached hydrogen (secondary N) is 1. The topological polar surface area (TPSA) is 24.5 Å². The van der Waals surface area contributed by atoms with Gasteiger partial charge in [-0.05, 0) is 5.92 Å². The normalized spacial score (nSPS) is 24.9. The molecule has 0 bridgehead atoms. The van der Waals surface area contributed by atoms with Crippen LogP contribution >= 0.6 is 0 Å². The average molecular weight is 254 g/mol. The number of hydrogen-bond donors (Lipinski definition) is 1. The number of piperazine rings is 1. The van der Waals surface area contributed by atoms with E-state index in [1.165, 1.54) is 0 Å². The Labute approximate surface area is 100 Å². The Balaban J connectivity index is 2.38. The van der Waals surface area contributed by atoms with Gasteiger partial charge in [-0.3, -0.25) is 9.64 Å². The molecule has 1 aliphatic heterocycles. The zero-order valence-corrected chi connectivity index (χ0v) is 10.4. The third kappa shape index (κ3) is 5.23. The van der Waals surface area contributed by atoms with Gasteiger partial charge >= 0.3 is 6.36 Å². The Morgan fingerprint density at radius 3 is 2.76 bits per heavy atom. The molecule has 1 fully saturated rings. The lowest BCUT2D eigenvalue weighted by Gasteiger charge is -2.39. The molecule has 3 nitrogen and oxygen atoms in total. The van der Waals surface area contributed by atoms with Crippen LogP contribution in [0.1, 0.15) is 20.3 Å². The molecular weight excluding hydrogens is 233 g/mol. The zero-order valence-electron chi connectivity index (χ0n) is 10.4.